The van der Waals surface area contributed by atoms with Gasteiger partial charge < -0.3 is 10.1 Å². The molecule has 0 aliphatic carbocycles. The van der Waals surface area contributed by atoms with E-state index in [4.69, 9.17) is 27.9 Å². The molecule has 0 fully saturated rings. The summed E-state index contributed by atoms with van der Waals surface area (Å²) in [4.78, 5) is 12.1. The van der Waals surface area contributed by atoms with Gasteiger partial charge >= 0.3 is 0 Å². The van der Waals surface area contributed by atoms with Crippen molar-refractivity contribution in [2.45, 2.75) is 13.0 Å². The average Bonchev–Trinajstić information content (AvgIpc) is 3.15. The minimum atomic E-state index is -0.266. The zero-order valence-corrected chi connectivity index (χ0v) is 15.3. The largest absolute Gasteiger partial charge is 0.484 e. The molecule has 3 aromatic rings. The first-order chi connectivity index (χ1) is 12.5. The quantitative estimate of drug-likeness (QED) is 0.697. The van der Waals surface area contributed by atoms with Gasteiger partial charge in [0.2, 0.25) is 0 Å². The topological polar surface area (TPSA) is 81.9 Å². The molecule has 1 aromatic heterocycles. The van der Waals surface area contributed by atoms with Crippen molar-refractivity contribution >= 4 is 29.1 Å². The van der Waals surface area contributed by atoms with Gasteiger partial charge in [-0.1, -0.05) is 29.3 Å². The van der Waals surface area contributed by atoms with Crippen LogP contribution in [0.2, 0.25) is 10.0 Å². The SMILES string of the molecule is C[C@H](NC(=O)COc1ccc(-n2cnnn2)cc1)c1ccc(Cl)cc1Cl. The first kappa shape index (κ1) is 18.2. The van der Waals surface area contributed by atoms with Gasteiger partial charge in [-0.3, -0.25) is 4.79 Å². The van der Waals surface area contributed by atoms with E-state index in [0.29, 0.717) is 15.8 Å². The van der Waals surface area contributed by atoms with Crippen molar-refractivity contribution < 1.29 is 9.53 Å². The number of tetrazole rings is 1. The van der Waals surface area contributed by atoms with Crippen LogP contribution in [0.1, 0.15) is 18.5 Å². The Morgan fingerprint density at radius 1 is 1.23 bits per heavy atom. The Bertz CT molecular complexity index is 885. The van der Waals surface area contributed by atoms with E-state index in [2.05, 4.69) is 20.8 Å². The molecule has 0 bridgehead atoms. The zero-order chi connectivity index (χ0) is 18.5. The third kappa shape index (κ3) is 4.50. The average molecular weight is 392 g/mol. The molecule has 9 heteroatoms. The van der Waals surface area contributed by atoms with E-state index >= 15 is 0 Å². The number of aromatic nitrogens is 4. The summed E-state index contributed by atoms with van der Waals surface area (Å²) >= 11 is 12.0. The van der Waals surface area contributed by atoms with E-state index in [0.717, 1.165) is 11.3 Å². The Morgan fingerprint density at radius 2 is 2.00 bits per heavy atom. The van der Waals surface area contributed by atoms with Gasteiger partial charge in [0.1, 0.15) is 12.1 Å². The van der Waals surface area contributed by atoms with Crippen molar-refractivity contribution in [1.82, 2.24) is 25.5 Å². The first-order valence-electron chi connectivity index (χ1n) is 7.73. The molecule has 0 aliphatic rings. The highest BCUT2D eigenvalue weighted by molar-refractivity contribution is 6.35. The Hall–Kier alpha value is -2.64. The fourth-order valence-corrected chi connectivity index (χ4v) is 2.91. The summed E-state index contributed by atoms with van der Waals surface area (Å²) in [6.45, 7) is 1.73. The lowest BCUT2D eigenvalue weighted by Crippen LogP contribution is -2.31. The second kappa shape index (κ2) is 8.16. The summed E-state index contributed by atoms with van der Waals surface area (Å²) in [5.74, 6) is 0.308. The van der Waals surface area contributed by atoms with E-state index in [1.165, 1.54) is 11.0 Å². The third-order valence-electron chi connectivity index (χ3n) is 3.63. The number of rotatable bonds is 6. The normalized spacial score (nSPS) is 11.8. The molecule has 134 valence electrons. The van der Waals surface area contributed by atoms with Crippen LogP contribution >= 0.6 is 23.2 Å². The van der Waals surface area contributed by atoms with Crippen molar-refractivity contribution in [3.63, 3.8) is 0 Å². The molecule has 3 rings (SSSR count). The number of hydrogen-bond donors (Lipinski definition) is 1. The van der Waals surface area contributed by atoms with Crippen molar-refractivity contribution in [1.29, 1.82) is 0 Å². The van der Waals surface area contributed by atoms with Crippen molar-refractivity contribution in [3.8, 4) is 11.4 Å². The fraction of sp³-hybridized carbons (Fsp3) is 0.176. The third-order valence-corrected chi connectivity index (χ3v) is 4.19. The Morgan fingerprint density at radius 3 is 2.65 bits per heavy atom. The summed E-state index contributed by atoms with van der Waals surface area (Å²) in [6, 6.07) is 12.0. The number of ether oxygens (including phenoxy) is 1. The van der Waals surface area contributed by atoms with Crippen molar-refractivity contribution in [3.05, 3.63) is 64.4 Å². The lowest BCUT2D eigenvalue weighted by molar-refractivity contribution is -0.123. The molecule has 0 radical (unpaired) electrons. The standard InChI is InChI=1S/C17H15Cl2N5O2/c1-11(15-7-2-12(18)8-16(15)19)21-17(25)9-26-14-5-3-13(4-6-14)24-10-20-22-23-24/h2-8,10-11H,9H2,1H3,(H,21,25)/t11-/m0/s1. The fourth-order valence-electron chi connectivity index (χ4n) is 2.34. The summed E-state index contributed by atoms with van der Waals surface area (Å²) in [5.41, 5.74) is 1.58. The number of nitrogens with one attached hydrogen (secondary N) is 1. The van der Waals surface area contributed by atoms with E-state index < -0.39 is 0 Å². The van der Waals surface area contributed by atoms with Gasteiger partial charge in [0.15, 0.2) is 6.61 Å². The molecule has 0 saturated carbocycles. The van der Waals surface area contributed by atoms with Gasteiger partial charge in [-0.25, -0.2) is 4.68 Å². The highest BCUT2D eigenvalue weighted by atomic mass is 35.5. The summed E-state index contributed by atoms with van der Waals surface area (Å²) in [5, 5.41) is 14.8. The molecule has 1 N–H and O–H groups in total. The monoisotopic (exact) mass is 391 g/mol. The number of halogens is 2. The lowest BCUT2D eigenvalue weighted by atomic mass is 10.1. The van der Waals surface area contributed by atoms with Crippen LogP contribution in [0.3, 0.4) is 0 Å². The Labute approximate surface area is 159 Å². The first-order valence-corrected chi connectivity index (χ1v) is 8.49. The molecule has 0 aliphatic heterocycles. The second-order valence-electron chi connectivity index (χ2n) is 5.49. The number of hydrogen-bond acceptors (Lipinski definition) is 5. The summed E-state index contributed by atoms with van der Waals surface area (Å²) < 4.78 is 7.02. The van der Waals surface area contributed by atoms with E-state index in [-0.39, 0.29) is 18.6 Å². The van der Waals surface area contributed by atoms with Gasteiger partial charge in [0.25, 0.3) is 5.91 Å². The maximum Gasteiger partial charge on any atom is 0.258 e. The summed E-state index contributed by atoms with van der Waals surface area (Å²) in [6.07, 6.45) is 1.49. The number of carbonyl (C=O) groups excluding carboxylic acids is 1. The van der Waals surface area contributed by atoms with Gasteiger partial charge in [0.05, 0.1) is 11.7 Å². The van der Waals surface area contributed by atoms with Crippen LogP contribution < -0.4 is 10.1 Å². The van der Waals surface area contributed by atoms with Crippen LogP contribution in [-0.4, -0.2) is 32.7 Å². The van der Waals surface area contributed by atoms with Crippen LogP contribution in [-0.2, 0) is 4.79 Å². The predicted molar refractivity (Wildman–Crippen MR) is 97.7 cm³/mol. The lowest BCUT2D eigenvalue weighted by Gasteiger charge is -2.16. The predicted octanol–water partition coefficient (Wildman–Crippen LogP) is 3.23. The van der Waals surface area contributed by atoms with Gasteiger partial charge in [0, 0.05) is 10.0 Å². The number of benzene rings is 2. The Balaban J connectivity index is 1.53. The number of amides is 1. The smallest absolute Gasteiger partial charge is 0.258 e. The molecule has 1 amide bonds. The molecular formula is C17H15Cl2N5O2. The van der Waals surface area contributed by atoms with E-state index in [1.54, 1.807) is 42.5 Å². The maximum atomic E-state index is 12.1. The highest BCUT2D eigenvalue weighted by Gasteiger charge is 2.13. The van der Waals surface area contributed by atoms with Crippen LogP contribution in [0.5, 0.6) is 5.75 Å². The molecule has 0 spiro atoms. The van der Waals surface area contributed by atoms with Gasteiger partial charge in [-0.2, -0.15) is 0 Å². The molecule has 26 heavy (non-hydrogen) atoms. The number of nitrogens with zero attached hydrogens (tertiary/aromatic N) is 4. The van der Waals surface area contributed by atoms with Gasteiger partial charge in [-0.15, -0.1) is 5.10 Å². The maximum absolute atomic E-state index is 12.1. The number of carbonyl (C=O) groups is 1. The molecule has 0 saturated heterocycles. The second-order valence-corrected chi connectivity index (χ2v) is 6.34. The molecule has 0 unspecified atom stereocenters. The minimum absolute atomic E-state index is 0.111. The Kier molecular flexibility index (Phi) is 5.70. The molecular weight excluding hydrogens is 377 g/mol. The highest BCUT2D eigenvalue weighted by Crippen LogP contribution is 2.26. The zero-order valence-electron chi connectivity index (χ0n) is 13.8. The molecule has 7 nitrogen and oxygen atoms in total. The van der Waals surface area contributed by atoms with Crippen LogP contribution in [0, 0.1) is 0 Å². The molecule has 2 aromatic carbocycles. The molecule has 1 heterocycles. The molecule has 1 atom stereocenters. The van der Waals surface area contributed by atoms with Crippen molar-refractivity contribution in [2.75, 3.05) is 6.61 Å². The van der Waals surface area contributed by atoms with Crippen LogP contribution in [0.15, 0.2) is 48.8 Å². The van der Waals surface area contributed by atoms with E-state index in [1.807, 2.05) is 6.92 Å². The minimum Gasteiger partial charge on any atom is -0.484 e. The van der Waals surface area contributed by atoms with Crippen LogP contribution in [0.4, 0.5) is 0 Å². The van der Waals surface area contributed by atoms with Crippen molar-refractivity contribution in [2.24, 2.45) is 0 Å². The van der Waals surface area contributed by atoms with Gasteiger partial charge in [-0.05, 0) is 59.3 Å². The van der Waals surface area contributed by atoms with Crippen LogP contribution in [0.25, 0.3) is 5.69 Å². The van der Waals surface area contributed by atoms with E-state index in [9.17, 15) is 4.79 Å². The summed E-state index contributed by atoms with van der Waals surface area (Å²) in [7, 11) is 0.